The second-order valence-electron chi connectivity index (χ2n) is 5.51. The number of aliphatic hydroxyl groups is 1. The molecule has 0 amide bonds. The normalized spacial score (nSPS) is 24.8. The molecule has 0 aromatic heterocycles. The quantitative estimate of drug-likeness (QED) is 0.930. The Morgan fingerprint density at radius 1 is 1.40 bits per heavy atom. The van der Waals surface area contributed by atoms with Gasteiger partial charge in [-0.1, -0.05) is 6.92 Å². The van der Waals surface area contributed by atoms with Crippen LogP contribution in [-0.4, -0.2) is 30.4 Å². The Morgan fingerprint density at radius 2 is 2.10 bits per heavy atom. The van der Waals surface area contributed by atoms with Crippen LogP contribution >= 0.6 is 0 Å². The Hall–Kier alpha value is -0.980. The molecule has 2 unspecified atom stereocenters. The molecule has 4 nitrogen and oxygen atoms in total. The zero-order valence-electron chi connectivity index (χ0n) is 11.7. The molecule has 1 aromatic rings. The first-order valence-electron chi connectivity index (χ1n) is 6.77. The van der Waals surface area contributed by atoms with Crippen molar-refractivity contribution in [2.75, 3.05) is 6.54 Å². The van der Waals surface area contributed by atoms with Crippen molar-refractivity contribution in [2.45, 2.75) is 44.2 Å². The van der Waals surface area contributed by atoms with Crippen LogP contribution in [0.3, 0.4) is 0 Å². The third kappa shape index (κ3) is 2.87. The standard InChI is InChI=1S/C14H20FNO3S/c1-10-5-6-16(11(2)7-10)20(18,19)13-3-4-14(15)12(8-13)9-17/h3-4,8,10-11,17H,5-7,9H2,1-2H3. The molecule has 1 heterocycles. The van der Waals surface area contributed by atoms with E-state index in [0.29, 0.717) is 12.5 Å². The van der Waals surface area contributed by atoms with Crippen LogP contribution in [0.2, 0.25) is 0 Å². The van der Waals surface area contributed by atoms with Crippen LogP contribution in [-0.2, 0) is 16.6 Å². The highest BCUT2D eigenvalue weighted by molar-refractivity contribution is 7.89. The Labute approximate surface area is 119 Å². The number of halogens is 1. The van der Waals surface area contributed by atoms with Gasteiger partial charge in [-0.2, -0.15) is 4.31 Å². The number of hydrogen-bond donors (Lipinski definition) is 1. The molecule has 1 aliphatic heterocycles. The number of sulfonamides is 1. The van der Waals surface area contributed by atoms with Crippen molar-refractivity contribution in [3.63, 3.8) is 0 Å². The van der Waals surface area contributed by atoms with Crippen molar-refractivity contribution in [3.05, 3.63) is 29.6 Å². The zero-order chi connectivity index (χ0) is 14.9. The van der Waals surface area contributed by atoms with Crippen LogP contribution in [0, 0.1) is 11.7 Å². The van der Waals surface area contributed by atoms with Crippen molar-refractivity contribution in [1.82, 2.24) is 4.31 Å². The summed E-state index contributed by atoms with van der Waals surface area (Å²) in [5, 5.41) is 9.06. The molecule has 0 bridgehead atoms. The zero-order valence-corrected chi connectivity index (χ0v) is 12.5. The first-order valence-corrected chi connectivity index (χ1v) is 8.21. The molecule has 0 saturated carbocycles. The van der Waals surface area contributed by atoms with E-state index in [9.17, 15) is 12.8 Å². The van der Waals surface area contributed by atoms with Gasteiger partial charge in [0.1, 0.15) is 5.82 Å². The first-order chi connectivity index (χ1) is 9.36. The topological polar surface area (TPSA) is 57.6 Å². The summed E-state index contributed by atoms with van der Waals surface area (Å²) in [5.41, 5.74) is 0.00380. The molecule has 112 valence electrons. The summed E-state index contributed by atoms with van der Waals surface area (Å²) >= 11 is 0. The molecular weight excluding hydrogens is 281 g/mol. The Balaban J connectivity index is 2.35. The van der Waals surface area contributed by atoms with Crippen molar-refractivity contribution in [3.8, 4) is 0 Å². The fraction of sp³-hybridized carbons (Fsp3) is 0.571. The molecule has 1 aliphatic rings. The number of rotatable bonds is 3. The minimum Gasteiger partial charge on any atom is -0.392 e. The van der Waals surface area contributed by atoms with E-state index in [0.717, 1.165) is 18.9 Å². The third-order valence-corrected chi connectivity index (χ3v) is 5.88. The SMILES string of the molecule is CC1CCN(S(=O)(=O)c2ccc(F)c(CO)c2)C(C)C1. The summed E-state index contributed by atoms with van der Waals surface area (Å²) in [6.45, 7) is 3.98. The lowest BCUT2D eigenvalue weighted by molar-refractivity contribution is 0.220. The average Bonchev–Trinajstić information content (AvgIpc) is 2.38. The highest BCUT2D eigenvalue weighted by Gasteiger charge is 2.33. The molecular formula is C14H20FNO3S. The second kappa shape index (κ2) is 5.79. The van der Waals surface area contributed by atoms with Crippen LogP contribution in [0.4, 0.5) is 4.39 Å². The van der Waals surface area contributed by atoms with Gasteiger partial charge < -0.3 is 5.11 Å². The van der Waals surface area contributed by atoms with Crippen LogP contribution in [0.25, 0.3) is 0 Å². The maximum Gasteiger partial charge on any atom is 0.243 e. The largest absolute Gasteiger partial charge is 0.392 e. The minimum atomic E-state index is -3.63. The molecule has 1 fully saturated rings. The van der Waals surface area contributed by atoms with E-state index in [2.05, 4.69) is 6.92 Å². The van der Waals surface area contributed by atoms with Gasteiger partial charge in [0.2, 0.25) is 10.0 Å². The van der Waals surface area contributed by atoms with Gasteiger partial charge in [0, 0.05) is 18.2 Å². The van der Waals surface area contributed by atoms with E-state index in [1.807, 2.05) is 6.92 Å². The number of nitrogens with zero attached hydrogens (tertiary/aromatic N) is 1. The molecule has 1 aromatic carbocycles. The molecule has 1 saturated heterocycles. The van der Waals surface area contributed by atoms with Crippen molar-refractivity contribution in [1.29, 1.82) is 0 Å². The molecule has 2 rings (SSSR count). The average molecular weight is 301 g/mol. The van der Waals surface area contributed by atoms with Gasteiger partial charge in [0.05, 0.1) is 11.5 Å². The maximum atomic E-state index is 13.4. The van der Waals surface area contributed by atoms with E-state index in [4.69, 9.17) is 5.11 Å². The van der Waals surface area contributed by atoms with Gasteiger partial charge in [-0.15, -0.1) is 0 Å². The molecule has 0 spiro atoms. The van der Waals surface area contributed by atoms with Gasteiger partial charge in [0.25, 0.3) is 0 Å². The third-order valence-electron chi connectivity index (χ3n) is 3.87. The number of benzene rings is 1. The lowest BCUT2D eigenvalue weighted by Gasteiger charge is -2.35. The summed E-state index contributed by atoms with van der Waals surface area (Å²) in [5.74, 6) is -0.0792. The highest BCUT2D eigenvalue weighted by Crippen LogP contribution is 2.28. The Bertz CT molecular complexity index is 588. The van der Waals surface area contributed by atoms with Crippen LogP contribution in [0.1, 0.15) is 32.3 Å². The smallest absolute Gasteiger partial charge is 0.243 e. The Morgan fingerprint density at radius 3 is 2.70 bits per heavy atom. The summed E-state index contributed by atoms with van der Waals surface area (Å²) < 4.78 is 40.0. The summed E-state index contributed by atoms with van der Waals surface area (Å²) in [6, 6.07) is 3.51. The van der Waals surface area contributed by atoms with Gasteiger partial charge in [0.15, 0.2) is 0 Å². The number of aliphatic hydroxyl groups excluding tert-OH is 1. The Kier molecular flexibility index (Phi) is 4.46. The lowest BCUT2D eigenvalue weighted by Crippen LogP contribution is -2.44. The minimum absolute atomic E-state index is 0.00380. The van der Waals surface area contributed by atoms with E-state index in [1.165, 1.54) is 16.4 Å². The van der Waals surface area contributed by atoms with Gasteiger partial charge in [-0.05, 0) is 43.9 Å². The summed E-state index contributed by atoms with van der Waals surface area (Å²) in [7, 11) is -3.63. The van der Waals surface area contributed by atoms with E-state index < -0.39 is 22.4 Å². The molecule has 1 N–H and O–H groups in total. The lowest BCUT2D eigenvalue weighted by atomic mass is 9.95. The first kappa shape index (κ1) is 15.4. The number of hydrogen-bond acceptors (Lipinski definition) is 3. The molecule has 6 heteroatoms. The summed E-state index contributed by atoms with van der Waals surface area (Å²) in [4.78, 5) is 0.0457. The van der Waals surface area contributed by atoms with Gasteiger partial charge in [-0.3, -0.25) is 0 Å². The van der Waals surface area contributed by atoms with E-state index >= 15 is 0 Å². The van der Waals surface area contributed by atoms with Crippen molar-refractivity contribution < 1.29 is 17.9 Å². The van der Waals surface area contributed by atoms with Crippen LogP contribution in [0.5, 0.6) is 0 Å². The molecule has 0 aliphatic carbocycles. The van der Waals surface area contributed by atoms with Crippen molar-refractivity contribution in [2.24, 2.45) is 5.92 Å². The fourth-order valence-corrected chi connectivity index (χ4v) is 4.42. The monoisotopic (exact) mass is 301 g/mol. The predicted molar refractivity (Wildman–Crippen MR) is 74.1 cm³/mol. The number of piperidine rings is 1. The van der Waals surface area contributed by atoms with Crippen LogP contribution in [0.15, 0.2) is 23.1 Å². The second-order valence-corrected chi connectivity index (χ2v) is 7.40. The molecule has 0 radical (unpaired) electrons. The van der Waals surface area contributed by atoms with Gasteiger partial charge >= 0.3 is 0 Å². The molecule has 20 heavy (non-hydrogen) atoms. The van der Waals surface area contributed by atoms with E-state index in [-0.39, 0.29) is 16.5 Å². The van der Waals surface area contributed by atoms with Crippen LogP contribution < -0.4 is 0 Å². The summed E-state index contributed by atoms with van der Waals surface area (Å²) in [6.07, 6.45) is 1.66. The fourth-order valence-electron chi connectivity index (χ4n) is 2.71. The molecule has 2 atom stereocenters. The van der Waals surface area contributed by atoms with Crippen molar-refractivity contribution >= 4 is 10.0 Å². The van der Waals surface area contributed by atoms with E-state index in [1.54, 1.807) is 0 Å². The maximum absolute atomic E-state index is 13.4. The van der Waals surface area contributed by atoms with Gasteiger partial charge in [-0.25, -0.2) is 12.8 Å². The highest BCUT2D eigenvalue weighted by atomic mass is 32.2. The predicted octanol–water partition coefficient (Wildman–Crippen LogP) is 2.13.